The summed E-state index contributed by atoms with van der Waals surface area (Å²) in [5.74, 6) is 0.563. The number of amides is 1. The Morgan fingerprint density at radius 2 is 2.00 bits per heavy atom. The standard InChI is InChI=1S/C19H24N2O3/c1-12-5-13(2)19-16(6-12)15(8-18(23)24-19)11-20(3)9-14-7-17(22)21(4)10-14/h5-6,8,14H,7,9-11H2,1-4H3. The van der Waals surface area contributed by atoms with Crippen LogP contribution in [0.5, 0.6) is 0 Å². The van der Waals surface area contributed by atoms with Gasteiger partial charge in [-0.25, -0.2) is 4.79 Å². The smallest absolute Gasteiger partial charge is 0.336 e. The first-order valence-corrected chi connectivity index (χ1v) is 8.30. The molecule has 2 heterocycles. The molecule has 0 saturated carbocycles. The number of aryl methyl sites for hydroxylation is 2. The third kappa shape index (κ3) is 3.36. The quantitative estimate of drug-likeness (QED) is 0.808. The molecule has 0 N–H and O–H groups in total. The maximum atomic E-state index is 11.9. The lowest BCUT2D eigenvalue weighted by molar-refractivity contribution is -0.126. The zero-order valence-corrected chi connectivity index (χ0v) is 14.8. The molecule has 1 aliphatic rings. The van der Waals surface area contributed by atoms with Crippen LogP contribution < -0.4 is 5.63 Å². The number of benzene rings is 1. The van der Waals surface area contributed by atoms with E-state index in [-0.39, 0.29) is 11.5 Å². The van der Waals surface area contributed by atoms with E-state index in [0.29, 0.717) is 24.5 Å². The van der Waals surface area contributed by atoms with E-state index in [1.165, 1.54) is 0 Å². The molecule has 1 amide bonds. The number of fused-ring (bicyclic) bond motifs is 1. The van der Waals surface area contributed by atoms with Crippen molar-refractivity contribution in [1.82, 2.24) is 9.80 Å². The SMILES string of the molecule is Cc1cc(C)c2oc(=O)cc(CN(C)CC3CC(=O)N(C)C3)c2c1. The van der Waals surface area contributed by atoms with Gasteiger partial charge in [0.25, 0.3) is 0 Å². The highest BCUT2D eigenvalue weighted by atomic mass is 16.4. The van der Waals surface area contributed by atoms with Crippen LogP contribution >= 0.6 is 0 Å². The molecule has 1 saturated heterocycles. The van der Waals surface area contributed by atoms with Crippen LogP contribution in [0.3, 0.4) is 0 Å². The minimum atomic E-state index is -0.311. The molecule has 0 aliphatic carbocycles. The van der Waals surface area contributed by atoms with Gasteiger partial charge in [0.15, 0.2) is 0 Å². The summed E-state index contributed by atoms with van der Waals surface area (Å²) in [4.78, 5) is 27.6. The van der Waals surface area contributed by atoms with Crippen molar-refractivity contribution < 1.29 is 9.21 Å². The Labute approximate surface area is 141 Å². The van der Waals surface area contributed by atoms with Gasteiger partial charge in [-0.3, -0.25) is 4.79 Å². The van der Waals surface area contributed by atoms with Crippen LogP contribution in [0.1, 0.15) is 23.1 Å². The molecular weight excluding hydrogens is 304 g/mol. The third-order valence-corrected chi connectivity index (χ3v) is 4.69. The van der Waals surface area contributed by atoms with E-state index < -0.39 is 0 Å². The van der Waals surface area contributed by atoms with Crippen molar-refractivity contribution in [2.24, 2.45) is 5.92 Å². The first kappa shape index (κ1) is 16.7. The number of hydrogen-bond donors (Lipinski definition) is 0. The fourth-order valence-electron chi connectivity index (χ4n) is 3.68. The Kier molecular flexibility index (Phi) is 4.45. The maximum Gasteiger partial charge on any atom is 0.336 e. The van der Waals surface area contributed by atoms with Gasteiger partial charge in [-0.15, -0.1) is 0 Å². The third-order valence-electron chi connectivity index (χ3n) is 4.69. The van der Waals surface area contributed by atoms with Crippen LogP contribution in [0.2, 0.25) is 0 Å². The van der Waals surface area contributed by atoms with E-state index in [0.717, 1.165) is 35.2 Å². The van der Waals surface area contributed by atoms with Crippen molar-refractivity contribution in [2.45, 2.75) is 26.8 Å². The van der Waals surface area contributed by atoms with Crippen LogP contribution in [0.15, 0.2) is 27.4 Å². The number of carbonyl (C=O) groups excluding carboxylic acids is 1. The molecule has 0 radical (unpaired) electrons. The second-order valence-corrected chi connectivity index (χ2v) is 7.09. The number of rotatable bonds is 4. The molecule has 1 aromatic heterocycles. The lowest BCUT2D eigenvalue weighted by Gasteiger charge is -2.21. The van der Waals surface area contributed by atoms with Gasteiger partial charge in [-0.1, -0.05) is 6.07 Å². The monoisotopic (exact) mass is 328 g/mol. The molecular formula is C19H24N2O3. The maximum absolute atomic E-state index is 11.9. The number of carbonyl (C=O) groups is 1. The van der Waals surface area contributed by atoms with Gasteiger partial charge in [-0.2, -0.15) is 0 Å². The number of likely N-dealkylation sites (tertiary alicyclic amines) is 1. The first-order valence-electron chi connectivity index (χ1n) is 8.30. The summed E-state index contributed by atoms with van der Waals surface area (Å²) in [6.07, 6.45) is 0.608. The van der Waals surface area contributed by atoms with Gasteiger partial charge in [0.2, 0.25) is 5.91 Å². The molecule has 0 spiro atoms. The molecule has 0 bridgehead atoms. The van der Waals surface area contributed by atoms with Crippen molar-refractivity contribution in [2.75, 3.05) is 27.2 Å². The molecule has 24 heavy (non-hydrogen) atoms. The molecule has 128 valence electrons. The molecule has 1 fully saturated rings. The van der Waals surface area contributed by atoms with Gasteiger partial charge < -0.3 is 14.2 Å². The van der Waals surface area contributed by atoms with E-state index in [9.17, 15) is 9.59 Å². The summed E-state index contributed by atoms with van der Waals surface area (Å²) < 4.78 is 5.41. The second kappa shape index (κ2) is 6.40. The Bertz CT molecular complexity index is 840. The molecule has 5 nitrogen and oxygen atoms in total. The summed E-state index contributed by atoms with van der Waals surface area (Å²) in [6, 6.07) is 5.68. The van der Waals surface area contributed by atoms with E-state index >= 15 is 0 Å². The van der Waals surface area contributed by atoms with Gasteiger partial charge in [0.05, 0.1) is 0 Å². The van der Waals surface area contributed by atoms with Crippen LogP contribution in [-0.4, -0.2) is 42.9 Å². The Morgan fingerprint density at radius 3 is 2.67 bits per heavy atom. The Hall–Kier alpha value is -2.14. The molecule has 1 aliphatic heterocycles. The molecule has 2 aromatic rings. The van der Waals surface area contributed by atoms with Crippen LogP contribution in [0.25, 0.3) is 11.0 Å². The molecule has 1 atom stereocenters. The van der Waals surface area contributed by atoms with Crippen LogP contribution in [-0.2, 0) is 11.3 Å². The average Bonchev–Trinajstić information content (AvgIpc) is 2.78. The van der Waals surface area contributed by atoms with Gasteiger partial charge in [0, 0.05) is 44.6 Å². The number of hydrogen-bond acceptors (Lipinski definition) is 4. The highest BCUT2D eigenvalue weighted by Gasteiger charge is 2.27. The zero-order chi connectivity index (χ0) is 17.4. The number of nitrogens with zero attached hydrogens (tertiary/aromatic N) is 2. The summed E-state index contributed by atoms with van der Waals surface area (Å²) in [5, 5.41) is 0.999. The second-order valence-electron chi connectivity index (χ2n) is 7.09. The Morgan fingerprint density at radius 1 is 1.25 bits per heavy atom. The molecule has 5 heteroatoms. The average molecular weight is 328 g/mol. The van der Waals surface area contributed by atoms with Crippen molar-refractivity contribution in [3.8, 4) is 0 Å². The fraction of sp³-hybridized carbons (Fsp3) is 0.474. The fourth-order valence-corrected chi connectivity index (χ4v) is 3.68. The van der Waals surface area contributed by atoms with Crippen molar-refractivity contribution in [3.63, 3.8) is 0 Å². The van der Waals surface area contributed by atoms with Crippen molar-refractivity contribution in [1.29, 1.82) is 0 Å². The van der Waals surface area contributed by atoms with Crippen LogP contribution in [0.4, 0.5) is 0 Å². The van der Waals surface area contributed by atoms with Crippen LogP contribution in [0, 0.1) is 19.8 Å². The highest BCUT2D eigenvalue weighted by molar-refractivity contribution is 5.83. The minimum absolute atomic E-state index is 0.213. The topological polar surface area (TPSA) is 53.8 Å². The van der Waals surface area contributed by atoms with Gasteiger partial charge >= 0.3 is 5.63 Å². The normalized spacial score (nSPS) is 18.1. The molecule has 1 unspecified atom stereocenters. The lowest BCUT2D eigenvalue weighted by atomic mass is 10.0. The van der Waals surface area contributed by atoms with E-state index in [2.05, 4.69) is 11.0 Å². The van der Waals surface area contributed by atoms with Gasteiger partial charge in [-0.05, 0) is 49.6 Å². The lowest BCUT2D eigenvalue weighted by Crippen LogP contribution is -2.27. The molecule has 1 aromatic carbocycles. The van der Waals surface area contributed by atoms with E-state index in [1.54, 1.807) is 11.0 Å². The summed E-state index contributed by atoms with van der Waals surface area (Å²) in [7, 11) is 3.88. The first-order chi connectivity index (χ1) is 11.3. The van der Waals surface area contributed by atoms with Gasteiger partial charge in [0.1, 0.15) is 5.58 Å². The highest BCUT2D eigenvalue weighted by Crippen LogP contribution is 2.24. The summed E-state index contributed by atoms with van der Waals surface area (Å²) in [5.41, 5.74) is 3.48. The Balaban J connectivity index is 1.84. The summed E-state index contributed by atoms with van der Waals surface area (Å²) in [6.45, 7) is 6.32. The molecule has 3 rings (SSSR count). The van der Waals surface area contributed by atoms with E-state index in [1.807, 2.05) is 34.0 Å². The zero-order valence-electron chi connectivity index (χ0n) is 14.8. The largest absolute Gasteiger partial charge is 0.422 e. The predicted molar refractivity (Wildman–Crippen MR) is 94.0 cm³/mol. The summed E-state index contributed by atoms with van der Waals surface area (Å²) >= 11 is 0. The van der Waals surface area contributed by atoms with Crippen molar-refractivity contribution >= 4 is 16.9 Å². The predicted octanol–water partition coefficient (Wildman–Crippen LogP) is 2.32. The van der Waals surface area contributed by atoms with E-state index in [4.69, 9.17) is 4.42 Å². The van der Waals surface area contributed by atoms with Crippen molar-refractivity contribution in [3.05, 3.63) is 45.3 Å². The minimum Gasteiger partial charge on any atom is -0.422 e.